The second-order valence-electron chi connectivity index (χ2n) is 6.23. The van der Waals surface area contributed by atoms with Gasteiger partial charge in [-0.3, -0.25) is 14.8 Å². The van der Waals surface area contributed by atoms with Gasteiger partial charge in [-0.2, -0.15) is 0 Å². The van der Waals surface area contributed by atoms with Crippen molar-refractivity contribution < 1.29 is 14.3 Å². The molecule has 2 aromatic heterocycles. The van der Waals surface area contributed by atoms with Crippen LogP contribution < -0.4 is 14.8 Å². The standard InChI is InChI=1S/C19H23N3O3/c1-13-18(4-3-10-20-13)25-15-7-5-14(6-8-15)22-19(23)17-12-16(24-2)9-11-21-17/h3-4,9-12,14-15H,5-8H2,1-2H3,(H,22,23). The van der Waals surface area contributed by atoms with E-state index < -0.39 is 0 Å². The highest BCUT2D eigenvalue weighted by atomic mass is 16.5. The van der Waals surface area contributed by atoms with E-state index in [9.17, 15) is 4.79 Å². The number of nitrogens with one attached hydrogen (secondary N) is 1. The first-order valence-corrected chi connectivity index (χ1v) is 8.55. The van der Waals surface area contributed by atoms with Crippen LogP contribution in [0.15, 0.2) is 36.7 Å². The highest BCUT2D eigenvalue weighted by Crippen LogP contribution is 2.25. The Balaban J connectivity index is 1.50. The Morgan fingerprint density at radius 3 is 2.68 bits per heavy atom. The predicted molar refractivity (Wildman–Crippen MR) is 93.9 cm³/mol. The quantitative estimate of drug-likeness (QED) is 0.905. The summed E-state index contributed by atoms with van der Waals surface area (Å²) in [5.74, 6) is 1.31. The molecule has 6 heteroatoms. The monoisotopic (exact) mass is 341 g/mol. The molecule has 1 aliphatic carbocycles. The van der Waals surface area contributed by atoms with Crippen molar-refractivity contribution in [3.8, 4) is 11.5 Å². The van der Waals surface area contributed by atoms with Crippen molar-refractivity contribution in [2.75, 3.05) is 7.11 Å². The number of carbonyl (C=O) groups is 1. The molecule has 0 saturated heterocycles. The van der Waals surface area contributed by atoms with Gasteiger partial charge in [0.2, 0.25) is 0 Å². The Morgan fingerprint density at radius 1 is 1.16 bits per heavy atom. The third-order valence-corrected chi connectivity index (χ3v) is 4.46. The van der Waals surface area contributed by atoms with E-state index >= 15 is 0 Å². The van der Waals surface area contributed by atoms with E-state index in [0.29, 0.717) is 11.4 Å². The number of carbonyl (C=O) groups excluding carboxylic acids is 1. The van der Waals surface area contributed by atoms with E-state index in [4.69, 9.17) is 9.47 Å². The molecule has 2 heterocycles. The van der Waals surface area contributed by atoms with Gasteiger partial charge in [-0.25, -0.2) is 0 Å². The molecule has 1 fully saturated rings. The average molecular weight is 341 g/mol. The first kappa shape index (κ1) is 17.2. The van der Waals surface area contributed by atoms with Crippen molar-refractivity contribution in [2.45, 2.75) is 44.8 Å². The Morgan fingerprint density at radius 2 is 1.96 bits per heavy atom. The van der Waals surface area contributed by atoms with Crippen molar-refractivity contribution in [2.24, 2.45) is 0 Å². The van der Waals surface area contributed by atoms with E-state index in [1.165, 1.54) is 0 Å². The largest absolute Gasteiger partial charge is 0.497 e. The fourth-order valence-corrected chi connectivity index (χ4v) is 3.02. The number of ether oxygens (including phenoxy) is 2. The smallest absolute Gasteiger partial charge is 0.270 e. The molecule has 1 aliphatic rings. The number of hydrogen-bond donors (Lipinski definition) is 1. The van der Waals surface area contributed by atoms with Crippen LogP contribution in [-0.2, 0) is 0 Å². The van der Waals surface area contributed by atoms with Crippen molar-refractivity contribution >= 4 is 5.91 Å². The summed E-state index contributed by atoms with van der Waals surface area (Å²) in [6, 6.07) is 7.35. The molecule has 0 aromatic carbocycles. The fourth-order valence-electron chi connectivity index (χ4n) is 3.02. The van der Waals surface area contributed by atoms with E-state index in [-0.39, 0.29) is 18.1 Å². The molecule has 0 atom stereocenters. The molecule has 0 bridgehead atoms. The number of hydrogen-bond acceptors (Lipinski definition) is 5. The van der Waals surface area contributed by atoms with E-state index in [0.717, 1.165) is 37.1 Å². The summed E-state index contributed by atoms with van der Waals surface area (Å²) < 4.78 is 11.2. The van der Waals surface area contributed by atoms with E-state index in [1.807, 2.05) is 19.1 Å². The molecule has 6 nitrogen and oxygen atoms in total. The molecule has 0 spiro atoms. The zero-order valence-corrected chi connectivity index (χ0v) is 14.6. The van der Waals surface area contributed by atoms with Crippen LogP contribution in [0.2, 0.25) is 0 Å². The maximum Gasteiger partial charge on any atom is 0.270 e. The normalized spacial score (nSPS) is 19.9. The lowest BCUT2D eigenvalue weighted by molar-refractivity contribution is 0.0888. The number of nitrogens with zero attached hydrogens (tertiary/aromatic N) is 2. The van der Waals surface area contributed by atoms with Crippen LogP contribution in [0, 0.1) is 6.92 Å². The summed E-state index contributed by atoms with van der Waals surface area (Å²) >= 11 is 0. The Kier molecular flexibility index (Phi) is 5.48. The maximum atomic E-state index is 12.3. The molecule has 25 heavy (non-hydrogen) atoms. The van der Waals surface area contributed by atoms with Crippen LogP contribution >= 0.6 is 0 Å². The van der Waals surface area contributed by atoms with Crippen LogP contribution in [0.3, 0.4) is 0 Å². The second-order valence-corrected chi connectivity index (χ2v) is 6.23. The van der Waals surface area contributed by atoms with Crippen molar-refractivity contribution in [1.82, 2.24) is 15.3 Å². The minimum atomic E-state index is -0.161. The third-order valence-electron chi connectivity index (χ3n) is 4.46. The van der Waals surface area contributed by atoms with Gasteiger partial charge in [0.15, 0.2) is 0 Å². The summed E-state index contributed by atoms with van der Waals surface area (Å²) in [4.78, 5) is 20.7. The topological polar surface area (TPSA) is 73.3 Å². The highest BCUT2D eigenvalue weighted by molar-refractivity contribution is 5.92. The van der Waals surface area contributed by atoms with Gasteiger partial charge in [0.25, 0.3) is 5.91 Å². The van der Waals surface area contributed by atoms with Crippen LogP contribution in [-0.4, -0.2) is 35.1 Å². The molecular formula is C19H23N3O3. The molecular weight excluding hydrogens is 318 g/mol. The summed E-state index contributed by atoms with van der Waals surface area (Å²) in [5.41, 5.74) is 1.28. The number of aromatic nitrogens is 2. The first-order chi connectivity index (χ1) is 12.2. The van der Waals surface area contributed by atoms with Crippen LogP contribution in [0.25, 0.3) is 0 Å². The van der Waals surface area contributed by atoms with Crippen LogP contribution in [0.5, 0.6) is 11.5 Å². The van der Waals surface area contributed by atoms with Gasteiger partial charge in [-0.1, -0.05) is 0 Å². The zero-order chi connectivity index (χ0) is 17.6. The molecule has 2 aromatic rings. The molecule has 0 aliphatic heterocycles. The van der Waals surface area contributed by atoms with Crippen molar-refractivity contribution in [3.63, 3.8) is 0 Å². The summed E-state index contributed by atoms with van der Waals surface area (Å²) in [5, 5.41) is 3.06. The Labute approximate surface area is 147 Å². The number of amides is 1. The van der Waals surface area contributed by atoms with Gasteiger partial charge in [-0.05, 0) is 50.8 Å². The van der Waals surface area contributed by atoms with Crippen LogP contribution in [0.4, 0.5) is 0 Å². The van der Waals surface area contributed by atoms with Gasteiger partial charge in [0, 0.05) is 24.5 Å². The summed E-state index contributed by atoms with van der Waals surface area (Å²) in [7, 11) is 1.57. The molecule has 132 valence electrons. The zero-order valence-electron chi connectivity index (χ0n) is 14.6. The number of aryl methyl sites for hydroxylation is 1. The van der Waals surface area contributed by atoms with E-state index in [2.05, 4.69) is 15.3 Å². The van der Waals surface area contributed by atoms with Gasteiger partial charge in [-0.15, -0.1) is 0 Å². The van der Waals surface area contributed by atoms with Crippen LogP contribution in [0.1, 0.15) is 41.9 Å². The molecule has 1 N–H and O–H groups in total. The summed E-state index contributed by atoms with van der Waals surface area (Å²) in [6.07, 6.45) is 7.11. The van der Waals surface area contributed by atoms with Crippen molar-refractivity contribution in [1.29, 1.82) is 0 Å². The predicted octanol–water partition coefficient (Wildman–Crippen LogP) is 2.91. The van der Waals surface area contributed by atoms with Gasteiger partial charge >= 0.3 is 0 Å². The van der Waals surface area contributed by atoms with Crippen molar-refractivity contribution in [3.05, 3.63) is 48.0 Å². The SMILES string of the molecule is COc1ccnc(C(=O)NC2CCC(Oc3cccnc3C)CC2)c1. The van der Waals surface area contributed by atoms with Gasteiger partial charge in [0.05, 0.1) is 18.9 Å². The number of methoxy groups -OCH3 is 1. The number of rotatable bonds is 5. The lowest BCUT2D eigenvalue weighted by Crippen LogP contribution is -2.40. The van der Waals surface area contributed by atoms with E-state index in [1.54, 1.807) is 31.6 Å². The molecule has 0 unspecified atom stereocenters. The lowest BCUT2D eigenvalue weighted by Gasteiger charge is -2.29. The van der Waals surface area contributed by atoms with Gasteiger partial charge < -0.3 is 14.8 Å². The minimum absolute atomic E-state index is 0.148. The molecule has 1 saturated carbocycles. The maximum absolute atomic E-state index is 12.3. The minimum Gasteiger partial charge on any atom is -0.497 e. The Hall–Kier alpha value is -2.63. The average Bonchev–Trinajstić information content (AvgIpc) is 2.65. The fraction of sp³-hybridized carbons (Fsp3) is 0.421. The molecule has 1 amide bonds. The molecule has 0 radical (unpaired) electrons. The molecule has 3 rings (SSSR count). The highest BCUT2D eigenvalue weighted by Gasteiger charge is 2.24. The summed E-state index contributed by atoms with van der Waals surface area (Å²) in [6.45, 7) is 1.95. The second kappa shape index (κ2) is 7.96. The first-order valence-electron chi connectivity index (χ1n) is 8.55. The Bertz CT molecular complexity index is 727. The third kappa shape index (κ3) is 4.47. The van der Waals surface area contributed by atoms with Gasteiger partial charge in [0.1, 0.15) is 17.2 Å². The number of pyridine rings is 2. The lowest BCUT2D eigenvalue weighted by atomic mass is 9.92.